The Morgan fingerprint density at radius 2 is 1.80 bits per heavy atom. The third kappa shape index (κ3) is 3.44. The van der Waals surface area contributed by atoms with Gasteiger partial charge in [0.05, 0.1) is 6.04 Å². The van der Waals surface area contributed by atoms with E-state index in [1.54, 1.807) is 6.07 Å². The summed E-state index contributed by atoms with van der Waals surface area (Å²) >= 11 is 3.47. The SMILES string of the molecule is CCNC(c1cc(C)cc(Br)c1)c1ccc(F)c(F)c1. The Hall–Kier alpha value is -1.26. The second-order valence-electron chi connectivity index (χ2n) is 4.73. The lowest BCUT2D eigenvalue weighted by atomic mass is 9.97. The number of hydrogen-bond donors (Lipinski definition) is 1. The van der Waals surface area contributed by atoms with Gasteiger partial charge in [-0.1, -0.05) is 35.0 Å². The molecule has 0 saturated carbocycles. The molecule has 0 saturated heterocycles. The molecule has 4 heteroatoms. The molecule has 0 aromatic heterocycles. The Kier molecular flexibility index (Phi) is 4.89. The van der Waals surface area contributed by atoms with E-state index in [4.69, 9.17) is 0 Å². The summed E-state index contributed by atoms with van der Waals surface area (Å²) in [5.41, 5.74) is 2.84. The molecule has 0 aliphatic heterocycles. The predicted octanol–water partition coefficient (Wildman–Crippen LogP) is 4.73. The number of nitrogens with one attached hydrogen (secondary N) is 1. The van der Waals surface area contributed by atoms with Crippen LogP contribution >= 0.6 is 15.9 Å². The topological polar surface area (TPSA) is 12.0 Å². The largest absolute Gasteiger partial charge is 0.307 e. The van der Waals surface area contributed by atoms with Crippen molar-refractivity contribution in [2.24, 2.45) is 0 Å². The lowest BCUT2D eigenvalue weighted by Gasteiger charge is -2.20. The van der Waals surface area contributed by atoms with Crippen molar-refractivity contribution in [1.29, 1.82) is 0 Å². The van der Waals surface area contributed by atoms with E-state index >= 15 is 0 Å². The minimum Gasteiger partial charge on any atom is -0.307 e. The van der Waals surface area contributed by atoms with Gasteiger partial charge < -0.3 is 5.32 Å². The zero-order chi connectivity index (χ0) is 14.7. The third-order valence-corrected chi connectivity index (χ3v) is 3.54. The molecule has 0 bridgehead atoms. The van der Waals surface area contributed by atoms with E-state index in [0.717, 1.165) is 22.1 Å². The van der Waals surface area contributed by atoms with Gasteiger partial charge in [0, 0.05) is 4.47 Å². The highest BCUT2D eigenvalue weighted by molar-refractivity contribution is 9.10. The van der Waals surface area contributed by atoms with Crippen LogP contribution in [0.15, 0.2) is 40.9 Å². The van der Waals surface area contributed by atoms with E-state index in [-0.39, 0.29) is 6.04 Å². The number of rotatable bonds is 4. The van der Waals surface area contributed by atoms with E-state index in [1.807, 2.05) is 32.0 Å². The van der Waals surface area contributed by atoms with Crippen molar-refractivity contribution in [1.82, 2.24) is 5.32 Å². The number of hydrogen-bond acceptors (Lipinski definition) is 1. The van der Waals surface area contributed by atoms with Crippen LogP contribution in [0.5, 0.6) is 0 Å². The highest BCUT2D eigenvalue weighted by atomic mass is 79.9. The van der Waals surface area contributed by atoms with Crippen LogP contribution in [0.2, 0.25) is 0 Å². The van der Waals surface area contributed by atoms with Crippen LogP contribution in [0.1, 0.15) is 29.7 Å². The van der Waals surface area contributed by atoms with Crippen LogP contribution in [0, 0.1) is 18.6 Å². The first-order valence-corrected chi connectivity index (χ1v) is 7.26. The summed E-state index contributed by atoms with van der Waals surface area (Å²) in [6, 6.07) is 9.91. The maximum absolute atomic E-state index is 13.4. The zero-order valence-corrected chi connectivity index (χ0v) is 13.0. The van der Waals surface area contributed by atoms with Gasteiger partial charge >= 0.3 is 0 Å². The van der Waals surface area contributed by atoms with E-state index in [9.17, 15) is 8.78 Å². The third-order valence-electron chi connectivity index (χ3n) is 3.08. The van der Waals surface area contributed by atoms with Crippen molar-refractivity contribution in [2.75, 3.05) is 6.54 Å². The van der Waals surface area contributed by atoms with Gasteiger partial charge in [-0.3, -0.25) is 0 Å². The summed E-state index contributed by atoms with van der Waals surface area (Å²) in [6.45, 7) is 4.72. The van der Waals surface area contributed by atoms with Crippen molar-refractivity contribution >= 4 is 15.9 Å². The standard InChI is InChI=1S/C16H16BrF2N/c1-3-20-16(11-4-5-14(18)15(19)9-11)12-6-10(2)7-13(17)8-12/h4-9,16,20H,3H2,1-2H3. The first-order chi connectivity index (χ1) is 9.51. The summed E-state index contributed by atoms with van der Waals surface area (Å²) in [7, 11) is 0. The Morgan fingerprint density at radius 1 is 1.05 bits per heavy atom. The maximum Gasteiger partial charge on any atom is 0.159 e. The van der Waals surface area contributed by atoms with Crippen molar-refractivity contribution in [3.63, 3.8) is 0 Å². The molecule has 1 atom stereocenters. The predicted molar refractivity (Wildman–Crippen MR) is 80.8 cm³/mol. The minimum atomic E-state index is -0.825. The van der Waals surface area contributed by atoms with Crippen molar-refractivity contribution in [2.45, 2.75) is 19.9 Å². The van der Waals surface area contributed by atoms with Gasteiger partial charge in [0.15, 0.2) is 11.6 Å². The number of benzene rings is 2. The fraction of sp³-hybridized carbons (Fsp3) is 0.250. The van der Waals surface area contributed by atoms with Gasteiger partial charge in [-0.05, 0) is 54.4 Å². The van der Waals surface area contributed by atoms with Crippen LogP contribution in [-0.4, -0.2) is 6.54 Å². The summed E-state index contributed by atoms with van der Waals surface area (Å²) in [4.78, 5) is 0. The molecule has 106 valence electrons. The van der Waals surface area contributed by atoms with E-state index in [0.29, 0.717) is 5.56 Å². The summed E-state index contributed by atoms with van der Waals surface area (Å²) < 4.78 is 27.5. The first kappa shape index (κ1) is 15.1. The number of halogens is 3. The van der Waals surface area contributed by atoms with Crippen LogP contribution in [0.3, 0.4) is 0 Å². The molecule has 1 N–H and O–H groups in total. The second-order valence-corrected chi connectivity index (χ2v) is 5.64. The maximum atomic E-state index is 13.4. The molecule has 0 radical (unpaired) electrons. The second kappa shape index (κ2) is 6.46. The fourth-order valence-electron chi connectivity index (χ4n) is 2.26. The van der Waals surface area contributed by atoms with E-state index < -0.39 is 11.6 Å². The van der Waals surface area contributed by atoms with Crippen LogP contribution in [-0.2, 0) is 0 Å². The Morgan fingerprint density at radius 3 is 2.40 bits per heavy atom. The first-order valence-electron chi connectivity index (χ1n) is 6.46. The average molecular weight is 340 g/mol. The molecule has 1 unspecified atom stereocenters. The highest BCUT2D eigenvalue weighted by Crippen LogP contribution is 2.27. The molecule has 0 fully saturated rings. The van der Waals surface area contributed by atoms with Gasteiger partial charge in [-0.2, -0.15) is 0 Å². The molecule has 0 heterocycles. The summed E-state index contributed by atoms with van der Waals surface area (Å²) in [6.07, 6.45) is 0. The lowest BCUT2D eigenvalue weighted by molar-refractivity contribution is 0.504. The molecule has 1 nitrogen and oxygen atoms in total. The molecular formula is C16H16BrF2N. The molecular weight excluding hydrogens is 324 g/mol. The average Bonchev–Trinajstić information content (AvgIpc) is 2.38. The van der Waals surface area contributed by atoms with E-state index in [2.05, 4.69) is 21.2 Å². The monoisotopic (exact) mass is 339 g/mol. The van der Waals surface area contributed by atoms with Gasteiger partial charge in [-0.25, -0.2) is 8.78 Å². The quantitative estimate of drug-likeness (QED) is 0.848. The summed E-state index contributed by atoms with van der Waals surface area (Å²) in [5.74, 6) is -1.65. The van der Waals surface area contributed by atoms with Crippen molar-refractivity contribution in [3.05, 3.63) is 69.2 Å². The minimum absolute atomic E-state index is 0.161. The van der Waals surface area contributed by atoms with E-state index in [1.165, 1.54) is 12.1 Å². The fourth-order valence-corrected chi connectivity index (χ4v) is 2.88. The molecule has 2 aromatic rings. The van der Waals surface area contributed by atoms with Crippen molar-refractivity contribution in [3.8, 4) is 0 Å². The Balaban J connectivity index is 2.46. The normalized spacial score (nSPS) is 12.4. The van der Waals surface area contributed by atoms with Crippen LogP contribution < -0.4 is 5.32 Å². The molecule has 0 aliphatic rings. The number of aryl methyl sites for hydroxylation is 1. The molecule has 0 aliphatic carbocycles. The Labute approximate surface area is 126 Å². The van der Waals surface area contributed by atoms with Crippen molar-refractivity contribution < 1.29 is 8.78 Å². The van der Waals surface area contributed by atoms with Gasteiger partial charge in [0.1, 0.15) is 0 Å². The Bertz CT molecular complexity index is 593. The lowest BCUT2D eigenvalue weighted by Crippen LogP contribution is -2.22. The van der Waals surface area contributed by atoms with Gasteiger partial charge in [-0.15, -0.1) is 0 Å². The van der Waals surface area contributed by atoms with Gasteiger partial charge in [0.2, 0.25) is 0 Å². The van der Waals surface area contributed by atoms with Gasteiger partial charge in [0.25, 0.3) is 0 Å². The highest BCUT2D eigenvalue weighted by Gasteiger charge is 2.15. The zero-order valence-electron chi connectivity index (χ0n) is 11.4. The van der Waals surface area contributed by atoms with Crippen LogP contribution in [0.4, 0.5) is 8.78 Å². The molecule has 2 aromatic carbocycles. The smallest absolute Gasteiger partial charge is 0.159 e. The molecule has 0 amide bonds. The molecule has 20 heavy (non-hydrogen) atoms. The summed E-state index contributed by atoms with van der Waals surface area (Å²) in [5, 5.41) is 3.31. The molecule has 2 rings (SSSR count). The van der Waals surface area contributed by atoms with Crippen LogP contribution in [0.25, 0.3) is 0 Å². The molecule has 0 spiro atoms.